The average molecular weight is 369 g/mol. The Hall–Kier alpha value is -2.52. The fraction of sp³-hybridized carbons (Fsp3) is 0.350. The standard InChI is InChI=1S/C20H23N3O2S/c1-14-11-15(2)20(23-9-4-5-10-23)16(3)19(14)22-26(24,25)18-8-6-7-17(12-18)13-21/h6-8,11-12,22H,4-5,9-10H2,1-3H3. The monoisotopic (exact) mass is 369 g/mol. The van der Waals surface area contributed by atoms with Crippen molar-refractivity contribution < 1.29 is 8.42 Å². The molecule has 26 heavy (non-hydrogen) atoms. The molecular formula is C20H23N3O2S. The fourth-order valence-electron chi connectivity index (χ4n) is 3.69. The van der Waals surface area contributed by atoms with Gasteiger partial charge in [-0.1, -0.05) is 12.1 Å². The lowest BCUT2D eigenvalue weighted by molar-refractivity contribution is 0.601. The first kappa shape index (κ1) is 18.3. The lowest BCUT2D eigenvalue weighted by atomic mass is 10.0. The third-order valence-corrected chi connectivity index (χ3v) is 6.21. The van der Waals surface area contributed by atoms with Gasteiger partial charge in [-0.05, 0) is 68.5 Å². The van der Waals surface area contributed by atoms with Crippen molar-refractivity contribution in [3.63, 3.8) is 0 Å². The van der Waals surface area contributed by atoms with Gasteiger partial charge in [-0.2, -0.15) is 5.26 Å². The van der Waals surface area contributed by atoms with Crippen LogP contribution in [0.2, 0.25) is 0 Å². The summed E-state index contributed by atoms with van der Waals surface area (Å²) in [4.78, 5) is 2.43. The second kappa shape index (κ2) is 7.00. The Kier molecular flexibility index (Phi) is 4.92. The van der Waals surface area contributed by atoms with Crippen molar-refractivity contribution in [1.82, 2.24) is 0 Å². The first-order valence-corrected chi connectivity index (χ1v) is 10.2. The van der Waals surface area contributed by atoms with E-state index in [1.807, 2.05) is 26.0 Å². The van der Waals surface area contributed by atoms with E-state index in [0.717, 1.165) is 48.3 Å². The van der Waals surface area contributed by atoms with Crippen LogP contribution in [-0.4, -0.2) is 21.5 Å². The molecule has 6 heteroatoms. The van der Waals surface area contributed by atoms with E-state index in [1.54, 1.807) is 12.1 Å². The number of hydrogen-bond acceptors (Lipinski definition) is 4. The molecule has 1 saturated heterocycles. The number of nitrogens with one attached hydrogen (secondary N) is 1. The summed E-state index contributed by atoms with van der Waals surface area (Å²) in [6.45, 7) is 7.96. The molecule has 2 aromatic carbocycles. The van der Waals surface area contributed by atoms with Crippen molar-refractivity contribution in [1.29, 1.82) is 5.26 Å². The van der Waals surface area contributed by atoms with Gasteiger partial charge in [0.2, 0.25) is 0 Å². The predicted octanol–water partition coefficient (Wildman–Crippen LogP) is 3.88. The topological polar surface area (TPSA) is 73.2 Å². The molecule has 0 aromatic heterocycles. The second-order valence-corrected chi connectivity index (χ2v) is 8.48. The summed E-state index contributed by atoms with van der Waals surface area (Å²) in [5.74, 6) is 0. The highest BCUT2D eigenvalue weighted by molar-refractivity contribution is 7.92. The molecule has 0 aliphatic carbocycles. The van der Waals surface area contributed by atoms with Crippen molar-refractivity contribution in [3.8, 4) is 6.07 Å². The number of aryl methyl sites for hydroxylation is 2. The van der Waals surface area contributed by atoms with Crippen molar-refractivity contribution in [3.05, 3.63) is 52.6 Å². The maximum absolute atomic E-state index is 12.9. The zero-order valence-electron chi connectivity index (χ0n) is 15.3. The number of benzene rings is 2. The van der Waals surface area contributed by atoms with Gasteiger partial charge in [0.1, 0.15) is 0 Å². The largest absolute Gasteiger partial charge is 0.371 e. The molecule has 0 spiro atoms. The summed E-state index contributed by atoms with van der Waals surface area (Å²) in [6, 6.07) is 10.1. The lowest BCUT2D eigenvalue weighted by Crippen LogP contribution is -2.22. The maximum atomic E-state index is 12.9. The van der Waals surface area contributed by atoms with Crippen molar-refractivity contribution in [2.75, 3.05) is 22.7 Å². The molecule has 3 rings (SSSR count). The number of sulfonamides is 1. The van der Waals surface area contributed by atoms with Gasteiger partial charge in [0.15, 0.2) is 0 Å². The molecule has 1 N–H and O–H groups in total. The summed E-state index contributed by atoms with van der Waals surface area (Å²) in [5.41, 5.74) is 5.07. The van der Waals surface area contributed by atoms with Crippen molar-refractivity contribution in [2.45, 2.75) is 38.5 Å². The smallest absolute Gasteiger partial charge is 0.261 e. The quantitative estimate of drug-likeness (QED) is 0.887. The summed E-state index contributed by atoms with van der Waals surface area (Å²) in [5, 5.41) is 9.02. The molecule has 2 aromatic rings. The maximum Gasteiger partial charge on any atom is 0.261 e. The highest BCUT2D eigenvalue weighted by atomic mass is 32.2. The molecule has 0 radical (unpaired) electrons. The van der Waals surface area contributed by atoms with E-state index < -0.39 is 10.0 Å². The Morgan fingerprint density at radius 2 is 1.77 bits per heavy atom. The number of hydrogen-bond donors (Lipinski definition) is 1. The van der Waals surface area contributed by atoms with Gasteiger partial charge in [0.05, 0.1) is 22.2 Å². The molecule has 1 heterocycles. The van der Waals surface area contributed by atoms with Gasteiger partial charge in [-0.25, -0.2) is 8.42 Å². The van der Waals surface area contributed by atoms with Crippen molar-refractivity contribution in [2.24, 2.45) is 0 Å². The highest BCUT2D eigenvalue weighted by Gasteiger charge is 2.23. The zero-order valence-corrected chi connectivity index (χ0v) is 16.2. The minimum atomic E-state index is -3.76. The Bertz CT molecular complexity index is 985. The molecule has 0 unspecified atom stereocenters. The van der Waals surface area contributed by atoms with E-state index in [1.165, 1.54) is 12.1 Å². The highest BCUT2D eigenvalue weighted by Crippen LogP contribution is 2.36. The van der Waals surface area contributed by atoms with Crippen LogP contribution in [0.15, 0.2) is 35.2 Å². The predicted molar refractivity (Wildman–Crippen MR) is 104 cm³/mol. The molecule has 0 bridgehead atoms. The van der Waals surface area contributed by atoms with Crippen LogP contribution in [0, 0.1) is 32.1 Å². The SMILES string of the molecule is Cc1cc(C)c(N2CCCC2)c(C)c1NS(=O)(=O)c1cccc(C#N)c1. The summed E-state index contributed by atoms with van der Waals surface area (Å²) >= 11 is 0. The van der Waals surface area contributed by atoms with E-state index in [9.17, 15) is 8.42 Å². The molecule has 0 atom stereocenters. The molecule has 136 valence electrons. The second-order valence-electron chi connectivity index (χ2n) is 6.80. The van der Waals surface area contributed by atoms with Gasteiger partial charge in [0, 0.05) is 18.8 Å². The Balaban J connectivity index is 2.04. The van der Waals surface area contributed by atoms with Crippen LogP contribution in [0.4, 0.5) is 11.4 Å². The Labute approximate surface area is 155 Å². The average Bonchev–Trinajstić information content (AvgIpc) is 3.12. The van der Waals surface area contributed by atoms with Crippen LogP contribution in [0.25, 0.3) is 0 Å². The fourth-order valence-corrected chi connectivity index (χ4v) is 4.93. The van der Waals surface area contributed by atoms with E-state index in [4.69, 9.17) is 5.26 Å². The van der Waals surface area contributed by atoms with Gasteiger partial charge in [0.25, 0.3) is 10.0 Å². The first-order valence-electron chi connectivity index (χ1n) is 8.72. The summed E-state index contributed by atoms with van der Waals surface area (Å²) < 4.78 is 28.5. The van der Waals surface area contributed by atoms with Crippen LogP contribution in [0.5, 0.6) is 0 Å². The van der Waals surface area contributed by atoms with Gasteiger partial charge in [-0.3, -0.25) is 4.72 Å². The number of anilines is 2. The van der Waals surface area contributed by atoms with E-state index in [0.29, 0.717) is 11.3 Å². The molecular weight excluding hydrogens is 346 g/mol. The minimum absolute atomic E-state index is 0.0960. The van der Waals surface area contributed by atoms with Crippen LogP contribution in [-0.2, 0) is 10.0 Å². The third-order valence-electron chi connectivity index (χ3n) is 4.86. The Morgan fingerprint density at radius 3 is 2.42 bits per heavy atom. The Morgan fingerprint density at radius 1 is 1.08 bits per heavy atom. The van der Waals surface area contributed by atoms with E-state index in [2.05, 4.69) is 16.5 Å². The van der Waals surface area contributed by atoms with Gasteiger partial charge in [-0.15, -0.1) is 0 Å². The molecule has 1 aliphatic rings. The molecule has 5 nitrogen and oxygen atoms in total. The minimum Gasteiger partial charge on any atom is -0.371 e. The van der Waals surface area contributed by atoms with E-state index in [-0.39, 0.29) is 4.90 Å². The van der Waals surface area contributed by atoms with Crippen LogP contribution < -0.4 is 9.62 Å². The number of nitrogens with zero attached hydrogens (tertiary/aromatic N) is 2. The summed E-state index contributed by atoms with van der Waals surface area (Å²) in [7, 11) is -3.76. The molecule has 0 saturated carbocycles. The third kappa shape index (κ3) is 3.40. The normalized spacial score (nSPS) is 14.3. The van der Waals surface area contributed by atoms with E-state index >= 15 is 0 Å². The molecule has 1 fully saturated rings. The zero-order chi connectivity index (χ0) is 18.9. The molecule has 0 amide bonds. The van der Waals surface area contributed by atoms with Crippen LogP contribution in [0.1, 0.15) is 35.1 Å². The number of nitriles is 1. The summed E-state index contributed by atoms with van der Waals surface area (Å²) in [6.07, 6.45) is 2.32. The van der Waals surface area contributed by atoms with Crippen LogP contribution >= 0.6 is 0 Å². The van der Waals surface area contributed by atoms with Gasteiger partial charge < -0.3 is 4.90 Å². The number of rotatable bonds is 4. The first-order chi connectivity index (χ1) is 12.3. The van der Waals surface area contributed by atoms with Crippen molar-refractivity contribution >= 4 is 21.4 Å². The lowest BCUT2D eigenvalue weighted by Gasteiger charge is -2.26. The van der Waals surface area contributed by atoms with Crippen LogP contribution in [0.3, 0.4) is 0 Å². The molecule has 1 aliphatic heterocycles. The van der Waals surface area contributed by atoms with Gasteiger partial charge >= 0.3 is 0 Å².